The first-order valence-corrected chi connectivity index (χ1v) is 8.07. The molecule has 5 nitrogen and oxygen atoms in total. The van der Waals surface area contributed by atoms with Crippen molar-refractivity contribution in [2.45, 2.75) is 24.9 Å². The van der Waals surface area contributed by atoms with Crippen molar-refractivity contribution in [3.63, 3.8) is 0 Å². The molecule has 1 heterocycles. The Kier molecular flexibility index (Phi) is 4.31. The summed E-state index contributed by atoms with van der Waals surface area (Å²) in [6, 6.07) is 4.96. The van der Waals surface area contributed by atoms with Crippen molar-refractivity contribution >= 4 is 21.4 Å². The number of thiazole rings is 1. The third kappa shape index (κ3) is 3.38. The lowest BCUT2D eigenvalue weighted by molar-refractivity contribution is 0.581. The highest BCUT2D eigenvalue weighted by molar-refractivity contribution is 7.89. The van der Waals surface area contributed by atoms with Gasteiger partial charge in [0, 0.05) is 18.1 Å². The molecule has 0 bridgehead atoms. The van der Waals surface area contributed by atoms with Crippen LogP contribution in [0.5, 0.6) is 0 Å². The van der Waals surface area contributed by atoms with E-state index in [1.807, 2.05) is 12.3 Å². The minimum absolute atomic E-state index is 0.200. The summed E-state index contributed by atoms with van der Waals surface area (Å²) in [5.41, 5.74) is 7.41. The lowest BCUT2D eigenvalue weighted by atomic mass is 10.1. The highest BCUT2D eigenvalue weighted by Crippen LogP contribution is 2.15. The average Bonchev–Trinajstić information content (AvgIpc) is 2.90. The van der Waals surface area contributed by atoms with Crippen LogP contribution in [0.15, 0.2) is 34.7 Å². The molecule has 3 N–H and O–H groups in total. The first-order chi connectivity index (χ1) is 9.03. The number of aromatic nitrogens is 1. The maximum Gasteiger partial charge on any atom is 0.240 e. The molecule has 0 aliphatic rings. The lowest BCUT2D eigenvalue weighted by Crippen LogP contribution is -2.23. The van der Waals surface area contributed by atoms with Gasteiger partial charge in [0.05, 0.1) is 11.4 Å². The van der Waals surface area contributed by atoms with Gasteiger partial charge >= 0.3 is 0 Å². The van der Waals surface area contributed by atoms with Crippen LogP contribution in [0, 0.1) is 6.92 Å². The summed E-state index contributed by atoms with van der Waals surface area (Å²) in [5, 5.41) is 2.54. The summed E-state index contributed by atoms with van der Waals surface area (Å²) in [7, 11) is -3.52. The summed E-state index contributed by atoms with van der Waals surface area (Å²) in [4.78, 5) is 4.26. The highest BCUT2D eigenvalue weighted by Gasteiger charge is 2.15. The van der Waals surface area contributed by atoms with Gasteiger partial charge in [-0.05, 0) is 30.2 Å². The number of sulfonamides is 1. The van der Waals surface area contributed by atoms with E-state index in [4.69, 9.17) is 5.73 Å². The molecule has 0 spiro atoms. The monoisotopic (exact) mass is 297 g/mol. The molecular formula is C12H15N3O2S2. The molecule has 19 heavy (non-hydrogen) atoms. The minimum Gasteiger partial charge on any atom is -0.326 e. The van der Waals surface area contributed by atoms with Gasteiger partial charge in [0.15, 0.2) is 0 Å². The van der Waals surface area contributed by atoms with E-state index in [1.54, 1.807) is 24.4 Å². The molecule has 0 aliphatic heterocycles. The van der Waals surface area contributed by atoms with E-state index in [-0.39, 0.29) is 11.4 Å². The average molecular weight is 297 g/mol. The van der Waals surface area contributed by atoms with Gasteiger partial charge in [0.25, 0.3) is 0 Å². The van der Waals surface area contributed by atoms with Gasteiger partial charge in [0.1, 0.15) is 5.01 Å². The number of nitrogens with one attached hydrogen (secondary N) is 1. The van der Waals surface area contributed by atoms with Crippen molar-refractivity contribution in [1.29, 1.82) is 0 Å². The quantitative estimate of drug-likeness (QED) is 0.873. The standard InChI is InChI=1S/C12H15N3O2S2/c1-9-2-3-11(6-10(9)7-13)19(16,17)15-8-12-14-4-5-18-12/h2-6,15H,7-8,13H2,1H3. The van der Waals surface area contributed by atoms with Crippen LogP contribution in [-0.2, 0) is 23.1 Å². The smallest absolute Gasteiger partial charge is 0.240 e. The SMILES string of the molecule is Cc1ccc(S(=O)(=O)NCc2nccs2)cc1CN. The molecule has 2 aromatic rings. The molecule has 2 rings (SSSR count). The fraction of sp³-hybridized carbons (Fsp3) is 0.250. The van der Waals surface area contributed by atoms with E-state index < -0.39 is 10.0 Å². The summed E-state index contributed by atoms with van der Waals surface area (Å²) in [6.07, 6.45) is 1.65. The maximum atomic E-state index is 12.1. The summed E-state index contributed by atoms with van der Waals surface area (Å²) in [6.45, 7) is 2.43. The Balaban J connectivity index is 2.19. The molecule has 0 amide bonds. The number of rotatable bonds is 5. The Morgan fingerprint density at radius 3 is 2.84 bits per heavy atom. The van der Waals surface area contributed by atoms with E-state index in [2.05, 4.69) is 9.71 Å². The van der Waals surface area contributed by atoms with Gasteiger partial charge in [-0.2, -0.15) is 0 Å². The van der Waals surface area contributed by atoms with Gasteiger partial charge in [-0.15, -0.1) is 11.3 Å². The normalized spacial score (nSPS) is 11.7. The van der Waals surface area contributed by atoms with Crippen molar-refractivity contribution in [1.82, 2.24) is 9.71 Å². The zero-order valence-corrected chi connectivity index (χ0v) is 12.1. The number of hydrogen-bond acceptors (Lipinski definition) is 5. The zero-order valence-electron chi connectivity index (χ0n) is 10.5. The Bertz CT molecular complexity index is 652. The van der Waals surface area contributed by atoms with Gasteiger partial charge in [-0.1, -0.05) is 6.07 Å². The third-order valence-electron chi connectivity index (χ3n) is 2.75. The van der Waals surface area contributed by atoms with E-state index in [9.17, 15) is 8.42 Å². The Labute approximate surface area is 116 Å². The summed E-state index contributed by atoms with van der Waals surface area (Å²) < 4.78 is 26.8. The van der Waals surface area contributed by atoms with Crippen LogP contribution in [0.4, 0.5) is 0 Å². The van der Waals surface area contributed by atoms with Crippen LogP contribution in [0.1, 0.15) is 16.1 Å². The lowest BCUT2D eigenvalue weighted by Gasteiger charge is -2.08. The second-order valence-corrected chi connectivity index (χ2v) is 6.79. The third-order valence-corrected chi connectivity index (χ3v) is 4.93. The number of benzene rings is 1. The van der Waals surface area contributed by atoms with Crippen molar-refractivity contribution in [2.75, 3.05) is 0 Å². The molecule has 7 heteroatoms. The fourth-order valence-corrected chi connectivity index (χ4v) is 3.30. The van der Waals surface area contributed by atoms with E-state index in [1.165, 1.54) is 11.3 Å². The van der Waals surface area contributed by atoms with Gasteiger partial charge < -0.3 is 5.73 Å². The number of nitrogens with zero attached hydrogens (tertiary/aromatic N) is 1. The van der Waals surface area contributed by atoms with Gasteiger partial charge in [0.2, 0.25) is 10.0 Å². The van der Waals surface area contributed by atoms with Crippen LogP contribution >= 0.6 is 11.3 Å². The molecule has 0 unspecified atom stereocenters. The first-order valence-electron chi connectivity index (χ1n) is 5.70. The molecule has 0 fully saturated rings. The summed E-state index contributed by atoms with van der Waals surface area (Å²) in [5.74, 6) is 0. The van der Waals surface area contributed by atoms with Crippen LogP contribution in [0.3, 0.4) is 0 Å². The molecule has 0 aliphatic carbocycles. The Morgan fingerprint density at radius 2 is 2.21 bits per heavy atom. The second kappa shape index (κ2) is 5.79. The minimum atomic E-state index is -3.52. The van der Waals surface area contributed by atoms with Crippen LogP contribution in [0.25, 0.3) is 0 Å². The molecule has 1 aromatic carbocycles. The van der Waals surface area contributed by atoms with Crippen LogP contribution in [0.2, 0.25) is 0 Å². The van der Waals surface area contributed by atoms with Gasteiger partial charge in [-0.3, -0.25) is 0 Å². The first kappa shape index (κ1) is 14.1. The number of aryl methyl sites for hydroxylation is 1. The van der Waals surface area contributed by atoms with E-state index >= 15 is 0 Å². The van der Waals surface area contributed by atoms with Crippen molar-refractivity contribution in [2.24, 2.45) is 5.73 Å². The predicted octanol–water partition coefficient (Wildman–Crippen LogP) is 1.39. The van der Waals surface area contributed by atoms with Crippen molar-refractivity contribution in [3.8, 4) is 0 Å². The van der Waals surface area contributed by atoms with E-state index in [0.717, 1.165) is 16.1 Å². The van der Waals surface area contributed by atoms with Crippen LogP contribution in [-0.4, -0.2) is 13.4 Å². The van der Waals surface area contributed by atoms with Gasteiger partial charge in [-0.25, -0.2) is 18.1 Å². The highest BCUT2D eigenvalue weighted by atomic mass is 32.2. The van der Waals surface area contributed by atoms with Crippen LogP contribution < -0.4 is 10.5 Å². The summed E-state index contributed by atoms with van der Waals surface area (Å²) >= 11 is 1.41. The topological polar surface area (TPSA) is 85.1 Å². The molecule has 1 aromatic heterocycles. The molecule has 0 radical (unpaired) electrons. The van der Waals surface area contributed by atoms with E-state index in [0.29, 0.717) is 6.54 Å². The molecule has 102 valence electrons. The Hall–Kier alpha value is -1.28. The number of hydrogen-bond donors (Lipinski definition) is 2. The molecule has 0 saturated heterocycles. The van der Waals surface area contributed by atoms with Crippen molar-refractivity contribution < 1.29 is 8.42 Å². The van der Waals surface area contributed by atoms with Crippen molar-refractivity contribution in [3.05, 3.63) is 45.9 Å². The largest absolute Gasteiger partial charge is 0.326 e. The fourth-order valence-electron chi connectivity index (χ4n) is 1.62. The zero-order chi connectivity index (χ0) is 13.9. The second-order valence-electron chi connectivity index (χ2n) is 4.04. The molecule has 0 atom stereocenters. The molecule has 0 saturated carbocycles. The predicted molar refractivity (Wildman–Crippen MR) is 75.2 cm³/mol. The Morgan fingerprint density at radius 1 is 1.42 bits per heavy atom. The number of nitrogens with two attached hydrogens (primary N) is 1. The maximum absolute atomic E-state index is 12.1. The molecular weight excluding hydrogens is 282 g/mol.